The minimum atomic E-state index is -1.14. The maximum atomic E-state index is 13.4. The first kappa shape index (κ1) is 30.5. The average molecular weight is 627 g/mol. The van der Waals surface area contributed by atoms with Gasteiger partial charge in [-0.05, 0) is 37.5 Å². The van der Waals surface area contributed by atoms with E-state index >= 15 is 0 Å². The zero-order valence-corrected chi connectivity index (χ0v) is 26.4. The number of carboxylic acid groups (broad SMARTS) is 1. The molecule has 0 fully saturated rings. The van der Waals surface area contributed by atoms with Crippen LogP contribution in [0.5, 0.6) is 23.0 Å². The number of nitrogens with zero attached hydrogens (tertiary/aromatic N) is 3. The molecule has 0 aliphatic rings. The largest absolute Gasteiger partial charge is 0.493 e. The molecule has 0 aliphatic heterocycles. The highest BCUT2D eigenvalue weighted by Gasteiger charge is 2.26. The lowest BCUT2D eigenvalue weighted by Gasteiger charge is -2.13. The topological polar surface area (TPSA) is 147 Å². The molecule has 238 valence electrons. The first-order chi connectivity index (χ1) is 22.3. The van der Waals surface area contributed by atoms with Crippen LogP contribution in [0.25, 0.3) is 43.6 Å². The normalized spacial score (nSPS) is 11.4. The molecule has 4 aromatic heterocycles. The van der Waals surface area contributed by atoms with E-state index in [1.807, 2.05) is 35.8 Å². The summed E-state index contributed by atoms with van der Waals surface area (Å²) >= 11 is 0. The van der Waals surface area contributed by atoms with Crippen LogP contribution >= 0.6 is 0 Å². The standard InChI is InChI=1S/C34H34N4O8/c1-7-20-31(34(41)46-8-2)30-19-12-26(43-4)28(45-6)14-23(19)38(24(30)16-35-20)10-9-17-29-18-11-25(42-3)27(44-5)13-21(18)37-22(29)15-36-32(17)33(39)40/h11-16,37H,7-10H2,1-6H3,(H,39,40). The quantitative estimate of drug-likeness (QED) is 0.166. The van der Waals surface area contributed by atoms with Gasteiger partial charge in [0.2, 0.25) is 0 Å². The van der Waals surface area contributed by atoms with Crippen molar-refractivity contribution < 1.29 is 38.4 Å². The Kier molecular flexibility index (Phi) is 8.03. The van der Waals surface area contributed by atoms with E-state index < -0.39 is 11.9 Å². The number of fused-ring (bicyclic) bond motifs is 6. The van der Waals surface area contributed by atoms with Crippen LogP contribution < -0.4 is 18.9 Å². The zero-order chi connectivity index (χ0) is 32.7. The lowest BCUT2D eigenvalue weighted by atomic mass is 10.0. The fourth-order valence-electron chi connectivity index (χ4n) is 6.31. The molecule has 0 bridgehead atoms. The molecule has 0 atom stereocenters. The number of aromatic amines is 1. The van der Waals surface area contributed by atoms with Gasteiger partial charge in [0.15, 0.2) is 28.7 Å². The zero-order valence-electron chi connectivity index (χ0n) is 26.4. The summed E-state index contributed by atoms with van der Waals surface area (Å²) in [7, 11) is 6.23. The van der Waals surface area contributed by atoms with Gasteiger partial charge < -0.3 is 38.3 Å². The van der Waals surface area contributed by atoms with Crippen molar-refractivity contribution >= 4 is 55.6 Å². The number of ether oxygens (including phenoxy) is 5. The number of carbonyl (C=O) groups excluding carboxylic acids is 1. The van der Waals surface area contributed by atoms with Crippen molar-refractivity contribution in [3.8, 4) is 23.0 Å². The maximum absolute atomic E-state index is 13.4. The number of aryl methyl sites for hydroxylation is 3. The summed E-state index contributed by atoms with van der Waals surface area (Å²) < 4.78 is 29.8. The van der Waals surface area contributed by atoms with Gasteiger partial charge in [-0.1, -0.05) is 6.92 Å². The van der Waals surface area contributed by atoms with E-state index in [2.05, 4.69) is 15.0 Å². The summed E-state index contributed by atoms with van der Waals surface area (Å²) in [5, 5.41) is 13.2. The molecule has 12 nitrogen and oxygen atoms in total. The van der Waals surface area contributed by atoms with Crippen molar-refractivity contribution in [1.29, 1.82) is 0 Å². The van der Waals surface area contributed by atoms with Gasteiger partial charge in [-0.25, -0.2) is 14.6 Å². The van der Waals surface area contributed by atoms with Gasteiger partial charge in [-0.3, -0.25) is 4.98 Å². The van der Waals surface area contributed by atoms with E-state index in [1.54, 1.807) is 41.6 Å². The van der Waals surface area contributed by atoms with Crippen LogP contribution in [-0.4, -0.2) is 71.6 Å². The predicted molar refractivity (Wildman–Crippen MR) is 173 cm³/mol. The summed E-state index contributed by atoms with van der Waals surface area (Å²) in [5.41, 5.74) is 4.38. The monoisotopic (exact) mass is 626 g/mol. The smallest absolute Gasteiger partial charge is 0.354 e. The van der Waals surface area contributed by atoms with Gasteiger partial charge in [-0.2, -0.15) is 0 Å². The molecule has 0 spiro atoms. The van der Waals surface area contributed by atoms with Gasteiger partial charge in [0, 0.05) is 40.2 Å². The van der Waals surface area contributed by atoms with Crippen molar-refractivity contribution in [1.82, 2.24) is 19.5 Å². The number of aromatic nitrogens is 4. The molecule has 0 saturated carbocycles. The number of esters is 1. The van der Waals surface area contributed by atoms with Gasteiger partial charge in [0.1, 0.15) is 0 Å². The molecule has 2 aromatic carbocycles. The number of hydrogen-bond donors (Lipinski definition) is 2. The number of nitrogens with one attached hydrogen (secondary N) is 1. The summed E-state index contributed by atoms with van der Waals surface area (Å²) in [4.78, 5) is 38.2. The van der Waals surface area contributed by atoms with Gasteiger partial charge in [0.05, 0.1) is 80.8 Å². The minimum absolute atomic E-state index is 0.0539. The Labute approximate surface area is 263 Å². The molecule has 4 heterocycles. The van der Waals surface area contributed by atoms with Crippen LogP contribution in [0.3, 0.4) is 0 Å². The number of carboxylic acids is 1. The Morgan fingerprint density at radius 1 is 0.804 bits per heavy atom. The number of rotatable bonds is 11. The van der Waals surface area contributed by atoms with E-state index in [1.165, 1.54) is 6.20 Å². The number of benzene rings is 2. The molecular weight excluding hydrogens is 592 g/mol. The van der Waals surface area contributed by atoms with Crippen molar-refractivity contribution in [2.45, 2.75) is 33.2 Å². The van der Waals surface area contributed by atoms with Crippen molar-refractivity contribution in [2.24, 2.45) is 0 Å². The molecule has 6 aromatic rings. The first-order valence-corrected chi connectivity index (χ1v) is 14.8. The summed E-state index contributed by atoms with van der Waals surface area (Å²) in [6.45, 7) is 4.24. The van der Waals surface area contributed by atoms with Crippen LogP contribution in [0.2, 0.25) is 0 Å². The van der Waals surface area contributed by atoms with Crippen molar-refractivity contribution in [3.05, 3.63) is 59.2 Å². The number of pyridine rings is 2. The fraction of sp³-hybridized carbons (Fsp3) is 0.294. The van der Waals surface area contributed by atoms with E-state index in [4.69, 9.17) is 23.7 Å². The molecule has 12 heteroatoms. The van der Waals surface area contributed by atoms with Crippen LogP contribution in [0.1, 0.15) is 46.0 Å². The third kappa shape index (κ3) is 4.77. The number of hydrogen-bond acceptors (Lipinski definition) is 9. The molecule has 0 unspecified atom stereocenters. The van der Waals surface area contributed by atoms with Crippen LogP contribution in [0.4, 0.5) is 0 Å². The molecule has 0 aliphatic carbocycles. The highest BCUT2D eigenvalue weighted by Crippen LogP contribution is 2.41. The number of methoxy groups -OCH3 is 4. The third-order valence-corrected chi connectivity index (χ3v) is 8.33. The van der Waals surface area contributed by atoms with E-state index in [0.29, 0.717) is 69.2 Å². The predicted octanol–water partition coefficient (Wildman–Crippen LogP) is 5.93. The van der Waals surface area contributed by atoms with Crippen LogP contribution in [0, 0.1) is 0 Å². The van der Waals surface area contributed by atoms with E-state index in [-0.39, 0.29) is 18.7 Å². The molecule has 0 saturated heterocycles. The van der Waals surface area contributed by atoms with E-state index in [0.717, 1.165) is 27.2 Å². The molecule has 0 amide bonds. The van der Waals surface area contributed by atoms with Crippen molar-refractivity contribution in [3.63, 3.8) is 0 Å². The summed E-state index contributed by atoms with van der Waals surface area (Å²) in [6, 6.07) is 7.36. The minimum Gasteiger partial charge on any atom is -0.493 e. The molecular formula is C34H34N4O8. The fourth-order valence-corrected chi connectivity index (χ4v) is 6.31. The number of carbonyl (C=O) groups is 2. The molecule has 6 rings (SSSR count). The van der Waals surface area contributed by atoms with Crippen molar-refractivity contribution in [2.75, 3.05) is 35.0 Å². The highest BCUT2D eigenvalue weighted by molar-refractivity contribution is 6.18. The van der Waals surface area contributed by atoms with Gasteiger partial charge in [-0.15, -0.1) is 0 Å². The lowest BCUT2D eigenvalue weighted by Crippen LogP contribution is -2.11. The van der Waals surface area contributed by atoms with Crippen LogP contribution in [0.15, 0.2) is 36.7 Å². The number of H-pyrrole nitrogens is 1. The average Bonchev–Trinajstić information content (AvgIpc) is 3.59. The van der Waals surface area contributed by atoms with Gasteiger partial charge >= 0.3 is 11.9 Å². The Balaban J connectivity index is 1.61. The summed E-state index contributed by atoms with van der Waals surface area (Å²) in [6.07, 6.45) is 4.08. The lowest BCUT2D eigenvalue weighted by molar-refractivity contribution is 0.0526. The Hall–Kier alpha value is -5.52. The van der Waals surface area contributed by atoms with E-state index in [9.17, 15) is 14.7 Å². The Morgan fingerprint density at radius 2 is 1.46 bits per heavy atom. The van der Waals surface area contributed by atoms with Gasteiger partial charge in [0.25, 0.3) is 0 Å². The Bertz CT molecular complexity index is 2160. The third-order valence-electron chi connectivity index (χ3n) is 8.33. The molecule has 46 heavy (non-hydrogen) atoms. The highest BCUT2D eigenvalue weighted by atomic mass is 16.5. The Morgan fingerprint density at radius 3 is 2.09 bits per heavy atom. The second kappa shape index (κ2) is 12.1. The SMILES string of the molecule is CCOC(=O)c1c(CC)ncc2c1c1cc(OC)c(OC)cc1n2CCc1c(C(=O)O)ncc2[nH]c3cc(OC)c(OC)cc3c12. The molecule has 0 radical (unpaired) electrons. The summed E-state index contributed by atoms with van der Waals surface area (Å²) in [5.74, 6) is 0.469. The second-order valence-electron chi connectivity index (χ2n) is 10.6. The first-order valence-electron chi connectivity index (χ1n) is 14.8. The molecule has 2 N–H and O–H groups in total. The number of aromatic carboxylic acids is 1. The maximum Gasteiger partial charge on any atom is 0.354 e. The second-order valence-corrected chi connectivity index (χ2v) is 10.6. The van der Waals surface area contributed by atoms with Crippen LogP contribution in [-0.2, 0) is 24.1 Å².